The molecule has 0 aliphatic rings. The van der Waals surface area contributed by atoms with Gasteiger partial charge in [-0.3, -0.25) is 4.79 Å². The topological polar surface area (TPSA) is 110 Å². The monoisotopic (exact) mass is 302 g/mol. The molecule has 7 nitrogen and oxygen atoms in total. The van der Waals surface area contributed by atoms with Crippen molar-refractivity contribution < 1.29 is 14.1 Å². The summed E-state index contributed by atoms with van der Waals surface area (Å²) >= 11 is 0. The minimum absolute atomic E-state index is 0.0461. The van der Waals surface area contributed by atoms with Crippen LogP contribution >= 0.6 is 0 Å². The first-order valence-electron chi connectivity index (χ1n) is 6.82. The summed E-state index contributed by atoms with van der Waals surface area (Å²) in [7, 11) is 0. The fraction of sp³-hybridized carbons (Fsp3) is 0.267. The van der Waals surface area contributed by atoms with Crippen LogP contribution in [0.25, 0.3) is 0 Å². The second kappa shape index (κ2) is 6.30. The summed E-state index contributed by atoms with van der Waals surface area (Å²) < 4.78 is 5.21. The number of nitrogens with two attached hydrogens (primary N) is 1. The molecule has 0 fully saturated rings. The number of nitrogens with one attached hydrogen (secondary N) is 2. The summed E-state index contributed by atoms with van der Waals surface area (Å²) in [4.78, 5) is 23.3. The van der Waals surface area contributed by atoms with Crippen molar-refractivity contribution in [3.05, 3.63) is 41.3 Å². The number of anilines is 2. The van der Waals surface area contributed by atoms with Gasteiger partial charge in [-0.2, -0.15) is 0 Å². The number of urea groups is 1. The molecule has 3 amide bonds. The van der Waals surface area contributed by atoms with Crippen LogP contribution in [0.15, 0.2) is 28.8 Å². The van der Waals surface area contributed by atoms with Crippen molar-refractivity contribution in [1.82, 2.24) is 5.16 Å². The highest BCUT2D eigenvalue weighted by atomic mass is 16.5. The first kappa shape index (κ1) is 15.6. The average molecular weight is 302 g/mol. The van der Waals surface area contributed by atoms with Crippen molar-refractivity contribution in [3.8, 4) is 0 Å². The van der Waals surface area contributed by atoms with Crippen LogP contribution in [0.4, 0.5) is 16.2 Å². The van der Waals surface area contributed by atoms with E-state index in [4.69, 9.17) is 10.3 Å². The summed E-state index contributed by atoms with van der Waals surface area (Å²) in [6.45, 7) is 5.57. The van der Waals surface area contributed by atoms with E-state index in [0.29, 0.717) is 28.4 Å². The fourth-order valence-electron chi connectivity index (χ4n) is 2.07. The third kappa shape index (κ3) is 3.43. The van der Waals surface area contributed by atoms with Gasteiger partial charge in [0, 0.05) is 17.3 Å². The Morgan fingerprint density at radius 3 is 2.45 bits per heavy atom. The lowest BCUT2D eigenvalue weighted by Crippen LogP contribution is -2.19. The molecule has 0 saturated carbocycles. The van der Waals surface area contributed by atoms with Gasteiger partial charge in [-0.1, -0.05) is 25.1 Å². The van der Waals surface area contributed by atoms with E-state index in [2.05, 4.69) is 15.8 Å². The lowest BCUT2D eigenvalue weighted by molar-refractivity contribution is 0.102. The molecule has 0 atom stereocenters. The molecule has 1 heterocycles. The number of nitrogens with zero attached hydrogens (tertiary/aromatic N) is 1. The van der Waals surface area contributed by atoms with E-state index in [1.165, 1.54) is 0 Å². The van der Waals surface area contributed by atoms with E-state index >= 15 is 0 Å². The lowest BCUT2D eigenvalue weighted by Gasteiger charge is -2.09. The van der Waals surface area contributed by atoms with Gasteiger partial charge in [0.1, 0.15) is 5.56 Å². The number of benzene rings is 1. The van der Waals surface area contributed by atoms with Crippen LogP contribution < -0.4 is 16.4 Å². The number of aryl methyl sites for hydroxylation is 1. The van der Waals surface area contributed by atoms with E-state index in [-0.39, 0.29) is 11.8 Å². The SMILES string of the molecule is Cc1noc(C(C)C)c1C(=O)Nc1cccc(NC(N)=O)c1. The summed E-state index contributed by atoms with van der Waals surface area (Å²) in [5.74, 6) is 0.282. The number of carbonyl (C=O) groups is 2. The highest BCUT2D eigenvalue weighted by Crippen LogP contribution is 2.24. The molecule has 7 heteroatoms. The zero-order valence-corrected chi connectivity index (χ0v) is 12.6. The molecule has 2 aromatic rings. The molecule has 116 valence electrons. The van der Waals surface area contributed by atoms with Crippen molar-refractivity contribution >= 4 is 23.3 Å². The van der Waals surface area contributed by atoms with Crippen molar-refractivity contribution in [2.24, 2.45) is 5.73 Å². The summed E-state index contributed by atoms with van der Waals surface area (Å²) in [5.41, 5.74) is 7.07. The summed E-state index contributed by atoms with van der Waals surface area (Å²) in [5, 5.41) is 9.06. The minimum Gasteiger partial charge on any atom is -0.360 e. The number of carbonyl (C=O) groups excluding carboxylic acids is 2. The van der Waals surface area contributed by atoms with Crippen molar-refractivity contribution in [3.63, 3.8) is 0 Å². The molecule has 1 aromatic heterocycles. The average Bonchev–Trinajstić information content (AvgIpc) is 2.80. The number of hydrogen-bond donors (Lipinski definition) is 3. The molecule has 0 saturated heterocycles. The van der Waals surface area contributed by atoms with E-state index in [0.717, 1.165) is 0 Å². The molecule has 1 aromatic carbocycles. The number of amides is 3. The summed E-state index contributed by atoms with van der Waals surface area (Å²) in [6.07, 6.45) is 0. The maximum absolute atomic E-state index is 12.4. The fourth-order valence-corrected chi connectivity index (χ4v) is 2.07. The molecule has 4 N–H and O–H groups in total. The number of hydrogen-bond acceptors (Lipinski definition) is 4. The Kier molecular flexibility index (Phi) is 4.45. The zero-order valence-electron chi connectivity index (χ0n) is 12.6. The van der Waals surface area contributed by atoms with Crippen LogP contribution in [-0.2, 0) is 0 Å². The van der Waals surface area contributed by atoms with Gasteiger partial charge in [0.05, 0.1) is 5.69 Å². The highest BCUT2D eigenvalue weighted by Gasteiger charge is 2.22. The molecule has 2 rings (SSSR count). The normalized spacial score (nSPS) is 10.5. The van der Waals surface area contributed by atoms with Crippen LogP contribution in [0, 0.1) is 6.92 Å². The van der Waals surface area contributed by atoms with Crippen LogP contribution in [-0.4, -0.2) is 17.1 Å². The third-order valence-corrected chi connectivity index (χ3v) is 3.03. The van der Waals surface area contributed by atoms with Gasteiger partial charge in [0.25, 0.3) is 5.91 Å². The van der Waals surface area contributed by atoms with Crippen LogP contribution in [0.2, 0.25) is 0 Å². The first-order valence-corrected chi connectivity index (χ1v) is 6.82. The van der Waals surface area contributed by atoms with E-state index in [1.54, 1.807) is 31.2 Å². The second-order valence-corrected chi connectivity index (χ2v) is 5.19. The lowest BCUT2D eigenvalue weighted by atomic mass is 10.0. The molecule has 0 aliphatic carbocycles. The van der Waals surface area contributed by atoms with Crippen molar-refractivity contribution in [2.75, 3.05) is 10.6 Å². The van der Waals surface area contributed by atoms with Crippen LogP contribution in [0.5, 0.6) is 0 Å². The van der Waals surface area contributed by atoms with Crippen LogP contribution in [0.1, 0.15) is 41.6 Å². The van der Waals surface area contributed by atoms with Gasteiger partial charge in [-0.15, -0.1) is 0 Å². The van der Waals surface area contributed by atoms with Gasteiger partial charge >= 0.3 is 6.03 Å². The number of aromatic nitrogens is 1. The highest BCUT2D eigenvalue weighted by molar-refractivity contribution is 6.06. The molecule has 0 spiro atoms. The molecule has 0 unspecified atom stereocenters. The largest absolute Gasteiger partial charge is 0.360 e. The van der Waals surface area contributed by atoms with Gasteiger partial charge in [0.15, 0.2) is 5.76 Å². The molecular weight excluding hydrogens is 284 g/mol. The quantitative estimate of drug-likeness (QED) is 0.806. The zero-order chi connectivity index (χ0) is 16.3. The molecule has 0 aliphatic heterocycles. The Hall–Kier alpha value is -2.83. The smallest absolute Gasteiger partial charge is 0.316 e. The van der Waals surface area contributed by atoms with Crippen molar-refractivity contribution in [1.29, 1.82) is 0 Å². The van der Waals surface area contributed by atoms with E-state index in [9.17, 15) is 9.59 Å². The Morgan fingerprint density at radius 2 is 1.86 bits per heavy atom. The van der Waals surface area contributed by atoms with Gasteiger partial charge in [-0.05, 0) is 25.1 Å². The van der Waals surface area contributed by atoms with Gasteiger partial charge in [0.2, 0.25) is 0 Å². The molecule has 0 bridgehead atoms. The number of rotatable bonds is 4. The van der Waals surface area contributed by atoms with E-state index in [1.807, 2.05) is 13.8 Å². The Morgan fingerprint density at radius 1 is 1.23 bits per heavy atom. The van der Waals surface area contributed by atoms with Crippen molar-refractivity contribution in [2.45, 2.75) is 26.7 Å². The van der Waals surface area contributed by atoms with Gasteiger partial charge < -0.3 is 20.9 Å². The van der Waals surface area contributed by atoms with Gasteiger partial charge in [-0.25, -0.2) is 4.79 Å². The molecule has 0 radical (unpaired) electrons. The number of primary amides is 1. The second-order valence-electron chi connectivity index (χ2n) is 5.19. The minimum atomic E-state index is -0.666. The van der Waals surface area contributed by atoms with Crippen LogP contribution in [0.3, 0.4) is 0 Å². The predicted molar refractivity (Wildman–Crippen MR) is 82.9 cm³/mol. The molecular formula is C15H18N4O3. The first-order chi connectivity index (χ1) is 10.4. The predicted octanol–water partition coefficient (Wildman–Crippen LogP) is 2.85. The maximum atomic E-state index is 12.4. The Balaban J connectivity index is 2.22. The third-order valence-electron chi connectivity index (χ3n) is 3.03. The Labute approximate surface area is 127 Å². The van der Waals surface area contributed by atoms with E-state index < -0.39 is 6.03 Å². The standard InChI is InChI=1S/C15H18N4O3/c1-8(2)13-12(9(3)19-22-13)14(20)17-10-5-4-6-11(7-10)18-15(16)21/h4-8H,1-3H3,(H,17,20)(H3,16,18,21). The summed E-state index contributed by atoms with van der Waals surface area (Å²) in [6, 6.07) is 6.03. The molecule has 22 heavy (non-hydrogen) atoms. The maximum Gasteiger partial charge on any atom is 0.316 e. The Bertz CT molecular complexity index is 707.